The summed E-state index contributed by atoms with van der Waals surface area (Å²) in [6.45, 7) is 11.0. The van der Waals surface area contributed by atoms with E-state index in [9.17, 15) is 19.5 Å². The van der Waals surface area contributed by atoms with E-state index < -0.39 is 52.8 Å². The summed E-state index contributed by atoms with van der Waals surface area (Å²) >= 11 is 0. The van der Waals surface area contributed by atoms with Gasteiger partial charge >= 0.3 is 11.9 Å². The Hall–Kier alpha value is -2.59. The van der Waals surface area contributed by atoms with Gasteiger partial charge in [0.05, 0.1) is 29.8 Å². The largest absolute Gasteiger partial charge is 0.455 e. The van der Waals surface area contributed by atoms with Gasteiger partial charge in [-0.25, -0.2) is 4.79 Å². The highest BCUT2D eigenvalue weighted by molar-refractivity contribution is 5.93. The highest BCUT2D eigenvalue weighted by Gasteiger charge is 2.63. The summed E-state index contributed by atoms with van der Waals surface area (Å²) in [7, 11) is 3.09. The molecule has 1 heterocycles. The molecule has 0 radical (unpaired) electrons. The highest BCUT2D eigenvalue weighted by Crippen LogP contribution is 2.58. The third-order valence-electron chi connectivity index (χ3n) is 10.1. The molecular weight excluding hydrogens is 540 g/mol. The van der Waals surface area contributed by atoms with Crippen molar-refractivity contribution in [2.24, 2.45) is 16.7 Å². The van der Waals surface area contributed by atoms with Crippen molar-refractivity contribution in [3.63, 3.8) is 0 Å². The zero-order valence-corrected chi connectivity index (χ0v) is 26.1. The van der Waals surface area contributed by atoms with Gasteiger partial charge in [-0.2, -0.15) is 0 Å². The van der Waals surface area contributed by atoms with Crippen LogP contribution in [-0.4, -0.2) is 79.8 Å². The predicted molar refractivity (Wildman–Crippen MR) is 154 cm³/mol. The molecule has 9 heteroatoms. The number of Topliss-reactive ketones (excluding diaryl/α,β-unsaturated/α-hetero) is 1. The lowest BCUT2D eigenvalue weighted by Gasteiger charge is -2.57. The Balaban J connectivity index is 1.77. The molecule has 1 aromatic rings. The summed E-state index contributed by atoms with van der Waals surface area (Å²) in [6.07, 6.45) is -2.59. The van der Waals surface area contributed by atoms with Crippen LogP contribution in [0.15, 0.2) is 41.5 Å². The van der Waals surface area contributed by atoms with Gasteiger partial charge in [0, 0.05) is 45.8 Å². The van der Waals surface area contributed by atoms with Gasteiger partial charge in [-0.1, -0.05) is 44.2 Å². The number of hydrogen-bond donors (Lipinski definition) is 1. The van der Waals surface area contributed by atoms with Crippen LogP contribution in [-0.2, 0) is 44.5 Å². The Labute approximate surface area is 248 Å². The van der Waals surface area contributed by atoms with Crippen LogP contribution in [0.25, 0.3) is 0 Å². The van der Waals surface area contributed by atoms with E-state index in [1.807, 2.05) is 65.0 Å². The molecule has 0 unspecified atom stereocenters. The average Bonchev–Trinajstić information content (AvgIpc) is 3.05. The van der Waals surface area contributed by atoms with E-state index >= 15 is 0 Å². The Morgan fingerprint density at radius 2 is 1.76 bits per heavy atom. The number of rotatable bonds is 7. The monoisotopic (exact) mass is 586 g/mol. The number of benzene rings is 1. The van der Waals surface area contributed by atoms with E-state index in [1.54, 1.807) is 7.11 Å². The second kappa shape index (κ2) is 12.2. The van der Waals surface area contributed by atoms with Gasteiger partial charge in [-0.05, 0) is 49.8 Å². The first-order chi connectivity index (χ1) is 19.7. The predicted octanol–water partition coefficient (Wildman–Crippen LogP) is 3.98. The van der Waals surface area contributed by atoms with E-state index in [-0.39, 0.29) is 43.7 Å². The SMILES string of the molecule is CO[C@H]1C(=O)[C@@]2(C)[C@@H](CO[C@@H](C)C[C@@H]2OC)C[C@]2(O)C[C@H](OC(=O)[C@@H](Cc3ccccc3)OC(C)=O)C(C)=C1C2(C)C. The van der Waals surface area contributed by atoms with Crippen LogP contribution in [0.1, 0.15) is 66.4 Å². The number of carbonyl (C=O) groups excluding carboxylic acids is 3. The first kappa shape index (κ1) is 32.3. The second-order valence-corrected chi connectivity index (χ2v) is 12.9. The zero-order chi connectivity index (χ0) is 31.0. The third-order valence-corrected chi connectivity index (χ3v) is 10.1. The molecule has 42 heavy (non-hydrogen) atoms. The van der Waals surface area contributed by atoms with Crippen molar-refractivity contribution >= 4 is 17.7 Å². The molecule has 9 nitrogen and oxygen atoms in total. The van der Waals surface area contributed by atoms with Gasteiger partial charge in [0.1, 0.15) is 12.2 Å². The Morgan fingerprint density at radius 1 is 1.10 bits per heavy atom. The van der Waals surface area contributed by atoms with Crippen LogP contribution >= 0.6 is 0 Å². The van der Waals surface area contributed by atoms with Gasteiger partial charge in [-0.15, -0.1) is 0 Å². The third kappa shape index (κ3) is 5.68. The van der Waals surface area contributed by atoms with Crippen LogP contribution in [0.5, 0.6) is 0 Å². The van der Waals surface area contributed by atoms with Crippen molar-refractivity contribution in [2.45, 2.75) is 103 Å². The van der Waals surface area contributed by atoms with Gasteiger partial charge < -0.3 is 28.8 Å². The normalized spacial score (nSPS) is 35.3. The number of carbonyl (C=O) groups is 3. The molecular formula is C33H46O9. The summed E-state index contributed by atoms with van der Waals surface area (Å²) < 4.78 is 29.5. The molecule has 0 aromatic heterocycles. The van der Waals surface area contributed by atoms with Gasteiger partial charge in [0.2, 0.25) is 6.10 Å². The number of aliphatic hydroxyl groups is 1. The number of hydrogen-bond acceptors (Lipinski definition) is 9. The summed E-state index contributed by atoms with van der Waals surface area (Å²) in [5.41, 5.74) is -1.21. The van der Waals surface area contributed by atoms with Gasteiger partial charge in [0.15, 0.2) is 5.78 Å². The van der Waals surface area contributed by atoms with Gasteiger partial charge in [0.25, 0.3) is 0 Å². The molecule has 232 valence electrons. The van der Waals surface area contributed by atoms with Crippen molar-refractivity contribution in [1.82, 2.24) is 0 Å². The average molecular weight is 587 g/mol. The van der Waals surface area contributed by atoms with Crippen LogP contribution in [0.3, 0.4) is 0 Å². The molecule has 2 bridgehead atoms. The second-order valence-electron chi connectivity index (χ2n) is 12.9. The molecule has 2 aliphatic carbocycles. The smallest absolute Gasteiger partial charge is 0.348 e. The number of esters is 2. The van der Waals surface area contributed by atoms with E-state index in [0.29, 0.717) is 17.6 Å². The number of methoxy groups -OCH3 is 2. The molecule has 3 aliphatic rings. The van der Waals surface area contributed by atoms with E-state index in [1.165, 1.54) is 14.0 Å². The topological polar surface area (TPSA) is 118 Å². The van der Waals surface area contributed by atoms with Crippen LogP contribution < -0.4 is 0 Å². The van der Waals surface area contributed by atoms with Crippen LogP contribution in [0.2, 0.25) is 0 Å². The maximum atomic E-state index is 14.6. The van der Waals surface area contributed by atoms with Crippen molar-refractivity contribution in [3.8, 4) is 0 Å². The molecule has 1 saturated heterocycles. The number of ketones is 1. The molecule has 2 fully saturated rings. The molecule has 4 rings (SSSR count). The molecule has 1 aromatic carbocycles. The Bertz CT molecular complexity index is 1210. The van der Waals surface area contributed by atoms with Crippen molar-refractivity contribution < 1.29 is 43.2 Å². The fourth-order valence-electron chi connectivity index (χ4n) is 7.40. The standard InChI is InChI=1S/C33H46O9/c1-19-14-26(38-7)32(6)23(18-40-19)16-33(37)17-25(20(2)27(31(33,4)5)28(39-8)29(32)35)42-30(36)24(41-21(3)34)15-22-12-10-9-11-13-22/h9-13,19,23-26,28,37H,14-18H2,1-8H3/t19-,23+,24+,25-,26-,28+,32-,33-/m0/s1. The zero-order valence-electron chi connectivity index (χ0n) is 26.1. The summed E-state index contributed by atoms with van der Waals surface area (Å²) in [4.78, 5) is 40.0. The van der Waals surface area contributed by atoms with Crippen molar-refractivity contribution in [1.29, 1.82) is 0 Å². The lowest BCUT2D eigenvalue weighted by molar-refractivity contribution is -0.183. The molecule has 0 spiro atoms. The maximum absolute atomic E-state index is 14.6. The molecule has 1 aliphatic heterocycles. The molecule has 1 saturated carbocycles. The maximum Gasteiger partial charge on any atom is 0.348 e. The van der Waals surface area contributed by atoms with Crippen LogP contribution in [0.4, 0.5) is 0 Å². The van der Waals surface area contributed by atoms with Crippen molar-refractivity contribution in [3.05, 3.63) is 47.0 Å². The summed E-state index contributed by atoms with van der Waals surface area (Å²) in [5, 5.41) is 12.6. The first-order valence-corrected chi connectivity index (χ1v) is 14.8. The molecule has 8 atom stereocenters. The van der Waals surface area contributed by atoms with Crippen LogP contribution in [0, 0.1) is 16.7 Å². The fraction of sp³-hybridized carbons (Fsp3) is 0.667. The fourth-order valence-corrected chi connectivity index (χ4v) is 7.40. The van der Waals surface area contributed by atoms with E-state index in [0.717, 1.165) is 5.56 Å². The Morgan fingerprint density at radius 3 is 2.36 bits per heavy atom. The molecule has 1 N–H and O–H groups in total. The minimum Gasteiger partial charge on any atom is -0.455 e. The Kier molecular flexibility index (Phi) is 9.38. The summed E-state index contributed by atoms with van der Waals surface area (Å²) in [6, 6.07) is 9.23. The highest BCUT2D eigenvalue weighted by atomic mass is 16.6. The van der Waals surface area contributed by atoms with E-state index in [2.05, 4.69) is 0 Å². The first-order valence-electron chi connectivity index (χ1n) is 14.8. The lowest BCUT2D eigenvalue weighted by atomic mass is 9.51. The van der Waals surface area contributed by atoms with E-state index in [4.69, 9.17) is 23.7 Å². The number of fused-ring (bicyclic) bond motifs is 3. The quantitative estimate of drug-likeness (QED) is 0.374. The number of ether oxygens (including phenoxy) is 5. The van der Waals surface area contributed by atoms with Gasteiger partial charge in [-0.3, -0.25) is 9.59 Å². The summed E-state index contributed by atoms with van der Waals surface area (Å²) in [5.74, 6) is -1.84. The van der Waals surface area contributed by atoms with Crippen molar-refractivity contribution in [2.75, 3.05) is 20.8 Å². The lowest BCUT2D eigenvalue weighted by Crippen LogP contribution is -2.63. The molecule has 0 amide bonds. The minimum absolute atomic E-state index is 0.101. The minimum atomic E-state index is -1.39.